The number of hydrogen-bond acceptors (Lipinski definition) is 3. The molecule has 0 aromatic rings. The predicted molar refractivity (Wildman–Crippen MR) is 73.2 cm³/mol. The summed E-state index contributed by atoms with van der Waals surface area (Å²) in [7, 11) is 2.11. The molecule has 1 aliphatic heterocycles. The van der Waals surface area contributed by atoms with Gasteiger partial charge in [0.1, 0.15) is 0 Å². The molecule has 1 N–H and O–H groups in total. The van der Waals surface area contributed by atoms with Crippen molar-refractivity contribution in [3.63, 3.8) is 0 Å². The van der Waals surface area contributed by atoms with Crippen molar-refractivity contribution < 1.29 is 0 Å². The zero-order valence-corrected chi connectivity index (χ0v) is 11.6. The molecule has 1 saturated carbocycles. The molecule has 0 aromatic carbocycles. The minimum Gasteiger partial charge on any atom is -0.316 e. The molecule has 0 bridgehead atoms. The Labute approximate surface area is 105 Å². The number of likely N-dealkylation sites (N-methyl/N-ethyl adjacent to an activating group) is 1. The van der Waals surface area contributed by atoms with Crippen LogP contribution >= 0.6 is 11.8 Å². The summed E-state index contributed by atoms with van der Waals surface area (Å²) in [4.78, 5) is 2.70. The van der Waals surface area contributed by atoms with Crippen molar-refractivity contribution in [1.82, 2.24) is 10.2 Å². The maximum atomic E-state index is 3.44. The third kappa shape index (κ3) is 2.93. The highest BCUT2D eigenvalue weighted by molar-refractivity contribution is 8.00. The van der Waals surface area contributed by atoms with Crippen LogP contribution in [0, 0.1) is 0 Å². The maximum absolute atomic E-state index is 3.44. The minimum absolute atomic E-state index is 0.593. The molecule has 3 heteroatoms. The molecule has 0 amide bonds. The van der Waals surface area contributed by atoms with Crippen LogP contribution in [0.15, 0.2) is 0 Å². The standard InChI is InChI=1S/C13H26N2S/c1-14-12-6-5-9-15(10-12)11-13(16-2)7-3-4-8-13/h12,14H,3-11H2,1-2H3. The smallest absolute Gasteiger partial charge is 0.0284 e. The van der Waals surface area contributed by atoms with E-state index in [0.29, 0.717) is 4.75 Å². The molecule has 0 aromatic heterocycles. The first-order valence-corrected chi connectivity index (χ1v) is 7.95. The normalized spacial score (nSPS) is 30.8. The fourth-order valence-corrected chi connectivity index (χ4v) is 4.30. The molecule has 1 heterocycles. The first-order chi connectivity index (χ1) is 7.78. The Kier molecular flexibility index (Phi) is 4.57. The van der Waals surface area contributed by atoms with Crippen LogP contribution in [0.5, 0.6) is 0 Å². The first kappa shape index (κ1) is 12.7. The van der Waals surface area contributed by atoms with Gasteiger partial charge in [-0.2, -0.15) is 11.8 Å². The lowest BCUT2D eigenvalue weighted by molar-refractivity contribution is 0.179. The van der Waals surface area contributed by atoms with Gasteiger partial charge < -0.3 is 10.2 Å². The molecular weight excluding hydrogens is 216 g/mol. The Balaban J connectivity index is 1.87. The first-order valence-electron chi connectivity index (χ1n) is 6.73. The Morgan fingerprint density at radius 2 is 2.06 bits per heavy atom. The van der Waals surface area contributed by atoms with E-state index in [1.54, 1.807) is 0 Å². The summed E-state index contributed by atoms with van der Waals surface area (Å²) in [5.74, 6) is 0. The van der Waals surface area contributed by atoms with Crippen LogP contribution in [-0.4, -0.2) is 48.6 Å². The topological polar surface area (TPSA) is 15.3 Å². The van der Waals surface area contributed by atoms with E-state index in [1.807, 2.05) is 0 Å². The summed E-state index contributed by atoms with van der Waals surface area (Å²) in [6.45, 7) is 3.91. The number of nitrogens with zero attached hydrogens (tertiary/aromatic N) is 1. The molecule has 2 fully saturated rings. The summed E-state index contributed by atoms with van der Waals surface area (Å²) < 4.78 is 0.593. The van der Waals surface area contributed by atoms with E-state index in [4.69, 9.17) is 0 Å². The van der Waals surface area contributed by atoms with E-state index in [1.165, 1.54) is 58.2 Å². The summed E-state index contributed by atoms with van der Waals surface area (Å²) in [6, 6.07) is 0.731. The number of piperidine rings is 1. The molecule has 1 saturated heterocycles. The molecule has 1 unspecified atom stereocenters. The number of hydrogen-bond donors (Lipinski definition) is 1. The molecule has 1 aliphatic carbocycles. The van der Waals surface area contributed by atoms with Crippen molar-refractivity contribution in [2.45, 2.75) is 49.3 Å². The largest absolute Gasteiger partial charge is 0.316 e. The van der Waals surface area contributed by atoms with Crippen molar-refractivity contribution in [3.05, 3.63) is 0 Å². The van der Waals surface area contributed by atoms with E-state index >= 15 is 0 Å². The van der Waals surface area contributed by atoms with Crippen LogP contribution in [0.4, 0.5) is 0 Å². The lowest BCUT2D eigenvalue weighted by Crippen LogP contribution is -2.49. The summed E-state index contributed by atoms with van der Waals surface area (Å²) in [5.41, 5.74) is 0. The molecule has 94 valence electrons. The predicted octanol–water partition coefficient (Wildman–Crippen LogP) is 2.35. The van der Waals surface area contributed by atoms with Crippen molar-refractivity contribution in [2.24, 2.45) is 0 Å². The molecule has 0 spiro atoms. The van der Waals surface area contributed by atoms with Gasteiger partial charge in [0, 0.05) is 23.9 Å². The second-order valence-corrected chi connectivity index (χ2v) is 6.73. The van der Waals surface area contributed by atoms with Crippen LogP contribution < -0.4 is 5.32 Å². The van der Waals surface area contributed by atoms with Gasteiger partial charge in [-0.15, -0.1) is 0 Å². The zero-order valence-electron chi connectivity index (χ0n) is 10.8. The van der Waals surface area contributed by atoms with Gasteiger partial charge in [0.15, 0.2) is 0 Å². The minimum atomic E-state index is 0.593. The Hall–Kier alpha value is 0.270. The van der Waals surface area contributed by atoms with Crippen LogP contribution in [0.2, 0.25) is 0 Å². The third-order valence-electron chi connectivity index (χ3n) is 4.37. The van der Waals surface area contributed by atoms with E-state index in [2.05, 4.69) is 35.3 Å². The molecule has 2 aliphatic rings. The SMILES string of the molecule is CNC1CCCN(CC2(SC)CCCC2)C1. The van der Waals surface area contributed by atoms with Crippen molar-refractivity contribution in [2.75, 3.05) is 32.9 Å². The van der Waals surface area contributed by atoms with E-state index in [9.17, 15) is 0 Å². The van der Waals surface area contributed by atoms with Crippen LogP contribution in [-0.2, 0) is 0 Å². The van der Waals surface area contributed by atoms with Gasteiger partial charge in [-0.05, 0) is 45.5 Å². The van der Waals surface area contributed by atoms with Gasteiger partial charge in [-0.1, -0.05) is 12.8 Å². The van der Waals surface area contributed by atoms with Gasteiger partial charge >= 0.3 is 0 Å². The lowest BCUT2D eigenvalue weighted by atomic mass is 10.0. The Bertz CT molecular complexity index is 214. The van der Waals surface area contributed by atoms with Gasteiger partial charge in [0.05, 0.1) is 0 Å². The van der Waals surface area contributed by atoms with Gasteiger partial charge in [-0.3, -0.25) is 0 Å². The monoisotopic (exact) mass is 242 g/mol. The highest BCUT2D eigenvalue weighted by atomic mass is 32.2. The molecule has 1 atom stereocenters. The average Bonchev–Trinajstić information content (AvgIpc) is 2.78. The fourth-order valence-electron chi connectivity index (χ4n) is 3.29. The van der Waals surface area contributed by atoms with Crippen LogP contribution in [0.1, 0.15) is 38.5 Å². The van der Waals surface area contributed by atoms with Crippen molar-refractivity contribution >= 4 is 11.8 Å². The van der Waals surface area contributed by atoms with Crippen LogP contribution in [0.3, 0.4) is 0 Å². The molecule has 16 heavy (non-hydrogen) atoms. The quantitative estimate of drug-likeness (QED) is 0.815. The number of likely N-dealkylation sites (tertiary alicyclic amines) is 1. The zero-order chi connectivity index (χ0) is 11.4. The highest BCUT2D eigenvalue weighted by Gasteiger charge is 2.35. The summed E-state index contributed by atoms with van der Waals surface area (Å²) in [6.07, 6.45) is 10.8. The maximum Gasteiger partial charge on any atom is 0.0284 e. The third-order valence-corrected chi connectivity index (χ3v) is 5.78. The second-order valence-electron chi connectivity index (χ2n) is 5.46. The van der Waals surface area contributed by atoms with Gasteiger partial charge in [0.2, 0.25) is 0 Å². The van der Waals surface area contributed by atoms with E-state index in [0.717, 1.165) is 6.04 Å². The fraction of sp³-hybridized carbons (Fsp3) is 1.00. The Morgan fingerprint density at radius 3 is 2.69 bits per heavy atom. The highest BCUT2D eigenvalue weighted by Crippen LogP contribution is 2.41. The lowest BCUT2D eigenvalue weighted by Gasteiger charge is -2.38. The number of rotatable bonds is 4. The van der Waals surface area contributed by atoms with Gasteiger partial charge in [-0.25, -0.2) is 0 Å². The molecular formula is C13H26N2S. The van der Waals surface area contributed by atoms with E-state index in [-0.39, 0.29) is 0 Å². The Morgan fingerprint density at radius 1 is 1.31 bits per heavy atom. The van der Waals surface area contributed by atoms with Crippen molar-refractivity contribution in [1.29, 1.82) is 0 Å². The van der Waals surface area contributed by atoms with Crippen LogP contribution in [0.25, 0.3) is 0 Å². The van der Waals surface area contributed by atoms with Crippen molar-refractivity contribution in [3.8, 4) is 0 Å². The van der Waals surface area contributed by atoms with E-state index < -0.39 is 0 Å². The second kappa shape index (κ2) is 5.74. The molecule has 2 nitrogen and oxygen atoms in total. The van der Waals surface area contributed by atoms with Gasteiger partial charge in [0.25, 0.3) is 0 Å². The molecule has 0 radical (unpaired) electrons. The average molecular weight is 242 g/mol. The summed E-state index contributed by atoms with van der Waals surface area (Å²) >= 11 is 2.12. The number of nitrogens with one attached hydrogen (secondary N) is 1. The number of thioether (sulfide) groups is 1. The summed E-state index contributed by atoms with van der Waals surface area (Å²) in [5, 5.41) is 3.44. The molecule has 2 rings (SSSR count).